The average molecular weight is 376 g/mol. The van der Waals surface area contributed by atoms with Crippen molar-refractivity contribution in [1.29, 1.82) is 0 Å². The molecule has 0 spiro atoms. The van der Waals surface area contributed by atoms with E-state index in [0.29, 0.717) is 22.6 Å². The quantitative estimate of drug-likeness (QED) is 0.615. The number of rotatable bonds is 4. The zero-order valence-corrected chi connectivity index (χ0v) is 16.2. The number of esters is 2. The van der Waals surface area contributed by atoms with Crippen LogP contribution in [0.4, 0.5) is 0 Å². The SMILES string of the molecule is CCC/C=C1\OC(=O)c2ccccc21.CCC/C=C1\OC(=O)c2ccccc21. The lowest BCUT2D eigenvalue weighted by atomic mass is 10.1. The topological polar surface area (TPSA) is 52.6 Å². The lowest BCUT2D eigenvalue weighted by molar-refractivity contribution is 0.0705. The van der Waals surface area contributed by atoms with Gasteiger partial charge in [0.25, 0.3) is 0 Å². The van der Waals surface area contributed by atoms with Gasteiger partial charge in [-0.2, -0.15) is 0 Å². The van der Waals surface area contributed by atoms with Crippen LogP contribution < -0.4 is 0 Å². The fraction of sp³-hybridized carbons (Fsp3) is 0.250. The molecule has 2 aliphatic heterocycles. The molecule has 4 nitrogen and oxygen atoms in total. The summed E-state index contributed by atoms with van der Waals surface area (Å²) >= 11 is 0. The molecule has 2 aromatic carbocycles. The highest BCUT2D eigenvalue weighted by Gasteiger charge is 2.25. The van der Waals surface area contributed by atoms with Crippen molar-refractivity contribution < 1.29 is 19.1 Å². The Bertz CT molecular complexity index is 860. The largest absolute Gasteiger partial charge is 0.423 e. The summed E-state index contributed by atoms with van der Waals surface area (Å²) in [6.45, 7) is 4.19. The first-order chi connectivity index (χ1) is 13.7. The molecule has 0 fully saturated rings. The van der Waals surface area contributed by atoms with Crippen LogP contribution >= 0.6 is 0 Å². The summed E-state index contributed by atoms with van der Waals surface area (Å²) in [7, 11) is 0. The van der Waals surface area contributed by atoms with Gasteiger partial charge in [-0.3, -0.25) is 0 Å². The lowest BCUT2D eigenvalue weighted by Crippen LogP contribution is -1.92. The van der Waals surface area contributed by atoms with Crippen molar-refractivity contribution >= 4 is 23.5 Å². The molecule has 2 aromatic rings. The van der Waals surface area contributed by atoms with Crippen LogP contribution in [0.3, 0.4) is 0 Å². The number of benzene rings is 2. The minimum Gasteiger partial charge on any atom is -0.423 e. The van der Waals surface area contributed by atoms with Crippen LogP contribution in [0.25, 0.3) is 11.5 Å². The summed E-state index contributed by atoms with van der Waals surface area (Å²) in [4.78, 5) is 22.8. The number of carbonyl (C=O) groups excluding carboxylic acids is 2. The van der Waals surface area contributed by atoms with Crippen LogP contribution in [0.15, 0.2) is 60.7 Å². The van der Waals surface area contributed by atoms with Gasteiger partial charge in [0.15, 0.2) is 0 Å². The van der Waals surface area contributed by atoms with Crippen molar-refractivity contribution in [1.82, 2.24) is 0 Å². The van der Waals surface area contributed by atoms with Crippen molar-refractivity contribution in [2.45, 2.75) is 39.5 Å². The minimum atomic E-state index is -0.233. The molecule has 0 bridgehead atoms. The normalized spacial score (nSPS) is 16.9. The molecule has 0 saturated carbocycles. The number of allylic oxidation sites excluding steroid dienone is 2. The van der Waals surface area contributed by atoms with Gasteiger partial charge in [0.2, 0.25) is 0 Å². The number of cyclic esters (lactones) is 2. The molecule has 0 atom stereocenters. The number of hydrogen-bond donors (Lipinski definition) is 0. The second-order valence-corrected chi connectivity index (χ2v) is 6.58. The molecule has 4 heteroatoms. The van der Waals surface area contributed by atoms with E-state index in [1.807, 2.05) is 48.6 Å². The molecule has 144 valence electrons. The van der Waals surface area contributed by atoms with E-state index in [-0.39, 0.29) is 11.9 Å². The number of ether oxygens (including phenoxy) is 2. The molecule has 0 radical (unpaired) electrons. The van der Waals surface area contributed by atoms with Gasteiger partial charge in [-0.1, -0.05) is 63.1 Å². The van der Waals surface area contributed by atoms with Crippen LogP contribution in [-0.4, -0.2) is 11.9 Å². The van der Waals surface area contributed by atoms with E-state index >= 15 is 0 Å². The van der Waals surface area contributed by atoms with E-state index in [1.165, 1.54) is 0 Å². The Morgan fingerprint density at radius 2 is 1.00 bits per heavy atom. The number of carbonyl (C=O) groups is 2. The second kappa shape index (κ2) is 9.18. The van der Waals surface area contributed by atoms with Gasteiger partial charge in [-0.25, -0.2) is 9.59 Å². The minimum absolute atomic E-state index is 0.233. The highest BCUT2D eigenvalue weighted by Crippen LogP contribution is 2.30. The predicted molar refractivity (Wildman–Crippen MR) is 109 cm³/mol. The average Bonchev–Trinajstić information content (AvgIpc) is 3.23. The zero-order chi connectivity index (χ0) is 19.9. The summed E-state index contributed by atoms with van der Waals surface area (Å²) < 4.78 is 10.3. The van der Waals surface area contributed by atoms with Crippen LogP contribution in [0.5, 0.6) is 0 Å². The molecule has 2 heterocycles. The number of fused-ring (bicyclic) bond motifs is 2. The van der Waals surface area contributed by atoms with Crippen LogP contribution in [0, 0.1) is 0 Å². The van der Waals surface area contributed by atoms with E-state index in [1.54, 1.807) is 12.1 Å². The molecule has 0 saturated heterocycles. The van der Waals surface area contributed by atoms with Crippen LogP contribution in [0.1, 0.15) is 71.4 Å². The summed E-state index contributed by atoms with van der Waals surface area (Å²) in [6, 6.07) is 15.0. The molecule has 0 aliphatic carbocycles. The smallest absolute Gasteiger partial charge is 0.344 e. The van der Waals surface area contributed by atoms with Crippen molar-refractivity contribution in [3.63, 3.8) is 0 Å². The molecular formula is C24H24O4. The Kier molecular flexibility index (Phi) is 6.43. The van der Waals surface area contributed by atoms with E-state index in [9.17, 15) is 9.59 Å². The summed E-state index contributed by atoms with van der Waals surface area (Å²) in [5.74, 6) is 0.964. The van der Waals surface area contributed by atoms with Gasteiger partial charge in [-0.05, 0) is 37.1 Å². The first-order valence-electron chi connectivity index (χ1n) is 9.69. The summed E-state index contributed by atoms with van der Waals surface area (Å²) in [5, 5.41) is 0. The van der Waals surface area contributed by atoms with Crippen LogP contribution in [-0.2, 0) is 9.47 Å². The molecule has 28 heavy (non-hydrogen) atoms. The maximum absolute atomic E-state index is 11.4. The molecule has 0 N–H and O–H groups in total. The van der Waals surface area contributed by atoms with Crippen molar-refractivity contribution in [2.75, 3.05) is 0 Å². The highest BCUT2D eigenvalue weighted by molar-refractivity contribution is 6.03. The fourth-order valence-corrected chi connectivity index (χ4v) is 3.03. The van der Waals surface area contributed by atoms with Gasteiger partial charge < -0.3 is 9.47 Å². The number of hydrogen-bond acceptors (Lipinski definition) is 4. The number of unbranched alkanes of at least 4 members (excludes halogenated alkanes) is 2. The van der Waals surface area contributed by atoms with Crippen molar-refractivity contribution in [3.05, 3.63) is 82.9 Å². The first kappa shape index (κ1) is 19.6. The molecule has 0 unspecified atom stereocenters. The van der Waals surface area contributed by atoms with E-state index in [0.717, 1.165) is 36.8 Å². The van der Waals surface area contributed by atoms with E-state index < -0.39 is 0 Å². The molecule has 0 aromatic heterocycles. The zero-order valence-electron chi connectivity index (χ0n) is 16.2. The summed E-state index contributed by atoms with van der Waals surface area (Å²) in [5.41, 5.74) is 3.20. The third-order valence-electron chi connectivity index (χ3n) is 4.47. The lowest BCUT2D eigenvalue weighted by Gasteiger charge is -1.96. The Labute approximate surface area is 165 Å². The first-order valence-corrected chi connectivity index (χ1v) is 9.69. The Balaban J connectivity index is 0.000000161. The Morgan fingerprint density at radius 1 is 0.643 bits per heavy atom. The highest BCUT2D eigenvalue weighted by atomic mass is 16.5. The Hall–Kier alpha value is -3.14. The standard InChI is InChI=1S/2C12H12O2/c2*1-2-3-8-11-9-6-4-5-7-10(9)12(13)14-11/h2*4-8H,2-3H2,1H3/b2*11-8-. The molecule has 2 aliphatic rings. The van der Waals surface area contributed by atoms with Gasteiger partial charge in [0, 0.05) is 11.1 Å². The maximum Gasteiger partial charge on any atom is 0.344 e. The van der Waals surface area contributed by atoms with E-state index in [4.69, 9.17) is 9.47 Å². The van der Waals surface area contributed by atoms with Gasteiger partial charge in [-0.15, -0.1) is 0 Å². The molecule has 4 rings (SSSR count). The van der Waals surface area contributed by atoms with Crippen molar-refractivity contribution in [3.8, 4) is 0 Å². The predicted octanol–water partition coefficient (Wildman–Crippen LogP) is 6.00. The van der Waals surface area contributed by atoms with Gasteiger partial charge >= 0.3 is 11.9 Å². The molecular weight excluding hydrogens is 352 g/mol. The summed E-state index contributed by atoms with van der Waals surface area (Å²) in [6.07, 6.45) is 7.95. The van der Waals surface area contributed by atoms with Crippen molar-refractivity contribution in [2.24, 2.45) is 0 Å². The fourth-order valence-electron chi connectivity index (χ4n) is 3.03. The van der Waals surface area contributed by atoms with Gasteiger partial charge in [0.1, 0.15) is 11.5 Å². The third kappa shape index (κ3) is 4.22. The van der Waals surface area contributed by atoms with Crippen LogP contribution in [0.2, 0.25) is 0 Å². The third-order valence-corrected chi connectivity index (χ3v) is 4.47. The van der Waals surface area contributed by atoms with E-state index in [2.05, 4.69) is 13.8 Å². The second-order valence-electron chi connectivity index (χ2n) is 6.58. The molecule has 0 amide bonds. The monoisotopic (exact) mass is 376 g/mol. The van der Waals surface area contributed by atoms with Gasteiger partial charge in [0.05, 0.1) is 11.1 Å². The Morgan fingerprint density at radius 3 is 1.36 bits per heavy atom. The maximum atomic E-state index is 11.4.